The molecular formula is C16H28N4O. The second-order valence-corrected chi connectivity index (χ2v) is 5.84. The van der Waals surface area contributed by atoms with Gasteiger partial charge in [-0.15, -0.1) is 0 Å². The Bertz CT molecular complexity index is 438. The van der Waals surface area contributed by atoms with Gasteiger partial charge in [-0.1, -0.05) is 26.7 Å². The van der Waals surface area contributed by atoms with E-state index in [2.05, 4.69) is 28.7 Å². The molecule has 5 heteroatoms. The molecule has 1 aromatic heterocycles. The maximum Gasteiger partial charge on any atom is 0.242 e. The Kier molecular flexibility index (Phi) is 6.08. The van der Waals surface area contributed by atoms with E-state index in [0.717, 1.165) is 31.2 Å². The molecule has 0 bridgehead atoms. The molecule has 0 amide bonds. The van der Waals surface area contributed by atoms with Gasteiger partial charge in [0.25, 0.3) is 0 Å². The SMILES string of the molecule is CCCOc1ncnc(N2CCCC(CCC)CC2)c1N. The zero-order chi connectivity index (χ0) is 15.1. The summed E-state index contributed by atoms with van der Waals surface area (Å²) in [6, 6.07) is 0. The fourth-order valence-corrected chi connectivity index (χ4v) is 3.01. The maximum atomic E-state index is 6.21. The topological polar surface area (TPSA) is 64.3 Å². The molecule has 1 atom stereocenters. The van der Waals surface area contributed by atoms with Gasteiger partial charge in [0.05, 0.1) is 6.61 Å². The van der Waals surface area contributed by atoms with Gasteiger partial charge in [0.2, 0.25) is 5.88 Å². The molecule has 21 heavy (non-hydrogen) atoms. The van der Waals surface area contributed by atoms with E-state index < -0.39 is 0 Å². The molecule has 1 aromatic rings. The van der Waals surface area contributed by atoms with Gasteiger partial charge in [0.1, 0.15) is 12.0 Å². The van der Waals surface area contributed by atoms with Crippen LogP contribution in [0.2, 0.25) is 0 Å². The van der Waals surface area contributed by atoms with E-state index >= 15 is 0 Å². The monoisotopic (exact) mass is 292 g/mol. The van der Waals surface area contributed by atoms with E-state index in [-0.39, 0.29) is 0 Å². The fourth-order valence-electron chi connectivity index (χ4n) is 3.01. The van der Waals surface area contributed by atoms with Crippen LogP contribution in [0.3, 0.4) is 0 Å². The third kappa shape index (κ3) is 4.22. The molecule has 0 aliphatic carbocycles. The molecule has 1 unspecified atom stereocenters. The van der Waals surface area contributed by atoms with Crippen molar-refractivity contribution in [3.8, 4) is 5.88 Å². The van der Waals surface area contributed by atoms with Crippen LogP contribution in [0, 0.1) is 5.92 Å². The first-order valence-corrected chi connectivity index (χ1v) is 8.24. The Morgan fingerprint density at radius 1 is 1.24 bits per heavy atom. The molecule has 1 saturated heterocycles. The highest BCUT2D eigenvalue weighted by atomic mass is 16.5. The predicted octanol–water partition coefficient (Wildman–Crippen LogP) is 3.25. The molecule has 2 rings (SSSR count). The molecule has 1 aliphatic heterocycles. The second-order valence-electron chi connectivity index (χ2n) is 5.84. The molecule has 1 aliphatic rings. The standard InChI is InChI=1S/C16H28N4O/c1-3-6-13-7-5-9-20(10-8-13)15-14(17)16(19-12-18-15)21-11-4-2/h12-13H,3-11,17H2,1-2H3. The van der Waals surface area contributed by atoms with Crippen LogP contribution >= 0.6 is 0 Å². The number of nitrogens with two attached hydrogens (primary N) is 1. The van der Waals surface area contributed by atoms with Gasteiger partial charge < -0.3 is 15.4 Å². The van der Waals surface area contributed by atoms with Crippen LogP contribution in [-0.2, 0) is 0 Å². The predicted molar refractivity (Wildman–Crippen MR) is 86.7 cm³/mol. The Labute approximate surface area is 127 Å². The van der Waals surface area contributed by atoms with Crippen LogP contribution in [0.25, 0.3) is 0 Å². The Hall–Kier alpha value is -1.52. The quantitative estimate of drug-likeness (QED) is 0.872. The van der Waals surface area contributed by atoms with Gasteiger partial charge in [0, 0.05) is 13.1 Å². The molecule has 2 N–H and O–H groups in total. The normalized spacial score (nSPS) is 19.3. The molecular weight excluding hydrogens is 264 g/mol. The van der Waals surface area contributed by atoms with Gasteiger partial charge in [-0.2, -0.15) is 4.98 Å². The summed E-state index contributed by atoms with van der Waals surface area (Å²) in [6.45, 7) is 7.02. The molecule has 0 spiro atoms. The smallest absolute Gasteiger partial charge is 0.242 e. The summed E-state index contributed by atoms with van der Waals surface area (Å²) in [7, 11) is 0. The molecule has 0 radical (unpaired) electrons. The highest BCUT2D eigenvalue weighted by Crippen LogP contribution is 2.31. The number of hydrogen-bond donors (Lipinski definition) is 1. The Morgan fingerprint density at radius 2 is 2.10 bits per heavy atom. The first-order valence-electron chi connectivity index (χ1n) is 8.24. The molecule has 5 nitrogen and oxygen atoms in total. The Morgan fingerprint density at radius 3 is 2.86 bits per heavy atom. The number of ether oxygens (including phenoxy) is 1. The lowest BCUT2D eigenvalue weighted by atomic mass is 9.96. The fraction of sp³-hybridized carbons (Fsp3) is 0.750. The van der Waals surface area contributed by atoms with Crippen molar-refractivity contribution in [3.05, 3.63) is 6.33 Å². The maximum absolute atomic E-state index is 6.21. The van der Waals surface area contributed by atoms with E-state index in [4.69, 9.17) is 10.5 Å². The van der Waals surface area contributed by atoms with Gasteiger partial charge >= 0.3 is 0 Å². The van der Waals surface area contributed by atoms with Crippen LogP contribution in [-0.4, -0.2) is 29.7 Å². The number of aromatic nitrogens is 2. The van der Waals surface area contributed by atoms with Gasteiger partial charge in [0.15, 0.2) is 5.82 Å². The summed E-state index contributed by atoms with van der Waals surface area (Å²) in [5.41, 5.74) is 6.79. The summed E-state index contributed by atoms with van der Waals surface area (Å²) >= 11 is 0. The van der Waals surface area contributed by atoms with E-state index in [1.54, 1.807) is 6.33 Å². The first-order chi connectivity index (χ1) is 10.3. The van der Waals surface area contributed by atoms with E-state index in [0.29, 0.717) is 18.2 Å². The van der Waals surface area contributed by atoms with Crippen LogP contribution in [0.1, 0.15) is 52.4 Å². The van der Waals surface area contributed by atoms with Gasteiger partial charge in [-0.05, 0) is 31.6 Å². The van der Waals surface area contributed by atoms with Crippen molar-refractivity contribution in [1.29, 1.82) is 0 Å². The first kappa shape index (κ1) is 15.9. The zero-order valence-corrected chi connectivity index (χ0v) is 13.3. The molecule has 1 fully saturated rings. The highest BCUT2D eigenvalue weighted by Gasteiger charge is 2.20. The zero-order valence-electron chi connectivity index (χ0n) is 13.3. The van der Waals surface area contributed by atoms with E-state index in [1.165, 1.54) is 32.1 Å². The minimum absolute atomic E-state index is 0.524. The van der Waals surface area contributed by atoms with Crippen LogP contribution in [0.4, 0.5) is 11.5 Å². The lowest BCUT2D eigenvalue weighted by molar-refractivity contribution is 0.306. The average Bonchev–Trinajstić information content (AvgIpc) is 2.72. The number of anilines is 2. The van der Waals surface area contributed by atoms with Crippen LogP contribution < -0.4 is 15.4 Å². The van der Waals surface area contributed by atoms with Crippen molar-refractivity contribution in [2.75, 3.05) is 30.3 Å². The van der Waals surface area contributed by atoms with E-state index in [1.807, 2.05) is 0 Å². The largest absolute Gasteiger partial charge is 0.476 e. The molecule has 2 heterocycles. The van der Waals surface area contributed by atoms with Crippen molar-refractivity contribution in [3.63, 3.8) is 0 Å². The number of nitrogens with zero attached hydrogens (tertiary/aromatic N) is 3. The summed E-state index contributed by atoms with van der Waals surface area (Å²) in [6.07, 6.45) is 8.86. The van der Waals surface area contributed by atoms with Crippen LogP contribution in [0.15, 0.2) is 6.33 Å². The molecule has 118 valence electrons. The summed E-state index contributed by atoms with van der Waals surface area (Å²) in [4.78, 5) is 10.8. The minimum Gasteiger partial charge on any atom is -0.476 e. The highest BCUT2D eigenvalue weighted by molar-refractivity contribution is 5.67. The van der Waals surface area contributed by atoms with Crippen molar-refractivity contribution >= 4 is 11.5 Å². The molecule has 0 saturated carbocycles. The lowest BCUT2D eigenvalue weighted by Gasteiger charge is -2.23. The van der Waals surface area contributed by atoms with Crippen molar-refractivity contribution < 1.29 is 4.74 Å². The van der Waals surface area contributed by atoms with Crippen molar-refractivity contribution in [1.82, 2.24) is 9.97 Å². The third-order valence-corrected chi connectivity index (χ3v) is 4.11. The second kappa shape index (κ2) is 8.05. The number of nitrogen functional groups attached to an aromatic ring is 1. The summed E-state index contributed by atoms with van der Waals surface area (Å²) in [5.74, 6) is 2.21. The minimum atomic E-state index is 0.524. The summed E-state index contributed by atoms with van der Waals surface area (Å²) < 4.78 is 5.61. The van der Waals surface area contributed by atoms with Gasteiger partial charge in [-0.3, -0.25) is 0 Å². The van der Waals surface area contributed by atoms with Crippen LogP contribution in [0.5, 0.6) is 5.88 Å². The van der Waals surface area contributed by atoms with Gasteiger partial charge in [-0.25, -0.2) is 4.98 Å². The van der Waals surface area contributed by atoms with Crippen molar-refractivity contribution in [2.45, 2.75) is 52.4 Å². The number of hydrogen-bond acceptors (Lipinski definition) is 5. The van der Waals surface area contributed by atoms with Crippen molar-refractivity contribution in [2.24, 2.45) is 5.92 Å². The van der Waals surface area contributed by atoms with E-state index in [9.17, 15) is 0 Å². The third-order valence-electron chi connectivity index (χ3n) is 4.11. The molecule has 0 aromatic carbocycles. The Balaban J connectivity index is 2.07. The lowest BCUT2D eigenvalue weighted by Crippen LogP contribution is -2.26. The number of rotatable bonds is 6. The average molecular weight is 292 g/mol. The summed E-state index contributed by atoms with van der Waals surface area (Å²) in [5, 5.41) is 0.